The average molecular weight is 347 g/mol. The number of aromatic nitrogens is 1. The number of aliphatic hydroxyl groups excluding tert-OH is 1. The molecule has 7 heteroatoms. The van der Waals surface area contributed by atoms with Crippen LogP contribution in [0, 0.1) is 0 Å². The molecule has 0 fully saturated rings. The Balaban J connectivity index is 1.75. The lowest BCUT2D eigenvalue weighted by atomic mass is 10.2. The smallest absolute Gasteiger partial charge is 0.315 e. The number of nitrogens with one attached hydrogen (secondary N) is 2. The standard InChI is InChI=1S/C18H25N3O4/c1-21-10-4-5-14(21)15(22)8-9-19-18(23)20-12-13-6-7-16(24-2)17(11-13)25-3/h4-7,10-11,15,22H,8-9,12H2,1-3H3,(H2,19,20,23). The van der Waals surface area contributed by atoms with Crippen LogP contribution in [0.4, 0.5) is 4.79 Å². The summed E-state index contributed by atoms with van der Waals surface area (Å²) in [6, 6.07) is 8.93. The molecule has 1 unspecified atom stereocenters. The van der Waals surface area contributed by atoms with E-state index in [1.165, 1.54) is 0 Å². The van der Waals surface area contributed by atoms with Crippen LogP contribution in [0.1, 0.15) is 23.8 Å². The van der Waals surface area contributed by atoms with E-state index in [4.69, 9.17) is 9.47 Å². The van der Waals surface area contributed by atoms with Crippen LogP contribution in [0.25, 0.3) is 0 Å². The van der Waals surface area contributed by atoms with Crippen molar-refractivity contribution in [3.63, 3.8) is 0 Å². The molecule has 1 atom stereocenters. The summed E-state index contributed by atoms with van der Waals surface area (Å²) in [6.07, 6.45) is 1.72. The van der Waals surface area contributed by atoms with E-state index in [0.717, 1.165) is 11.3 Å². The maximum Gasteiger partial charge on any atom is 0.315 e. The molecule has 1 heterocycles. The minimum atomic E-state index is -0.605. The third kappa shape index (κ3) is 5.15. The Hall–Kier alpha value is -2.67. The zero-order valence-corrected chi connectivity index (χ0v) is 14.8. The number of rotatable bonds is 8. The highest BCUT2D eigenvalue weighted by Gasteiger charge is 2.11. The van der Waals surface area contributed by atoms with E-state index in [2.05, 4.69) is 10.6 Å². The van der Waals surface area contributed by atoms with E-state index in [1.807, 2.05) is 42.1 Å². The van der Waals surface area contributed by atoms with Gasteiger partial charge in [0, 0.05) is 32.0 Å². The highest BCUT2D eigenvalue weighted by atomic mass is 16.5. The Labute approximate surface area is 147 Å². The van der Waals surface area contributed by atoms with Gasteiger partial charge in [-0.25, -0.2) is 4.79 Å². The van der Waals surface area contributed by atoms with Crippen molar-refractivity contribution in [2.75, 3.05) is 20.8 Å². The Morgan fingerprint density at radius 1 is 1.20 bits per heavy atom. The largest absolute Gasteiger partial charge is 0.493 e. The van der Waals surface area contributed by atoms with Crippen molar-refractivity contribution in [2.45, 2.75) is 19.1 Å². The molecule has 0 aliphatic rings. The number of ether oxygens (including phenoxy) is 2. The maximum atomic E-state index is 11.9. The molecule has 1 aromatic carbocycles. The van der Waals surface area contributed by atoms with Crippen LogP contribution in [-0.4, -0.2) is 36.5 Å². The predicted octanol–water partition coefficient (Wildman–Crippen LogP) is 1.97. The lowest BCUT2D eigenvalue weighted by Crippen LogP contribution is -2.36. The Morgan fingerprint density at radius 3 is 2.60 bits per heavy atom. The summed E-state index contributed by atoms with van der Waals surface area (Å²) in [7, 11) is 5.02. The predicted molar refractivity (Wildman–Crippen MR) is 94.8 cm³/mol. The number of hydrogen-bond donors (Lipinski definition) is 3. The molecular weight excluding hydrogens is 322 g/mol. The van der Waals surface area contributed by atoms with Gasteiger partial charge in [0.2, 0.25) is 0 Å². The first-order valence-electron chi connectivity index (χ1n) is 8.07. The van der Waals surface area contributed by atoms with Crippen LogP contribution < -0.4 is 20.1 Å². The summed E-state index contributed by atoms with van der Waals surface area (Å²) < 4.78 is 12.3. The van der Waals surface area contributed by atoms with Crippen LogP contribution >= 0.6 is 0 Å². The first-order valence-corrected chi connectivity index (χ1v) is 8.07. The quantitative estimate of drug-likeness (QED) is 0.682. The first kappa shape index (κ1) is 18.7. The minimum Gasteiger partial charge on any atom is -0.493 e. The second-order valence-electron chi connectivity index (χ2n) is 5.65. The molecule has 0 saturated carbocycles. The summed E-state index contributed by atoms with van der Waals surface area (Å²) in [5.41, 5.74) is 1.73. The Kier molecular flexibility index (Phi) is 6.71. The fraction of sp³-hybridized carbons (Fsp3) is 0.389. The summed E-state index contributed by atoms with van der Waals surface area (Å²) in [4.78, 5) is 11.9. The minimum absolute atomic E-state index is 0.283. The van der Waals surface area contributed by atoms with Gasteiger partial charge in [-0.3, -0.25) is 0 Å². The molecule has 2 aromatic rings. The normalized spacial score (nSPS) is 11.7. The third-order valence-electron chi connectivity index (χ3n) is 3.93. The van der Waals surface area contributed by atoms with Gasteiger partial charge in [0.05, 0.1) is 20.3 Å². The first-order chi connectivity index (χ1) is 12.0. The van der Waals surface area contributed by atoms with Gasteiger partial charge in [0.25, 0.3) is 0 Å². The van der Waals surface area contributed by atoms with Crippen LogP contribution in [0.2, 0.25) is 0 Å². The van der Waals surface area contributed by atoms with Gasteiger partial charge in [0.15, 0.2) is 11.5 Å². The van der Waals surface area contributed by atoms with Crippen molar-refractivity contribution in [2.24, 2.45) is 7.05 Å². The zero-order chi connectivity index (χ0) is 18.2. The highest BCUT2D eigenvalue weighted by Crippen LogP contribution is 2.27. The van der Waals surface area contributed by atoms with Gasteiger partial charge in [-0.1, -0.05) is 6.07 Å². The highest BCUT2D eigenvalue weighted by molar-refractivity contribution is 5.73. The molecule has 7 nitrogen and oxygen atoms in total. The molecule has 2 amide bonds. The van der Waals surface area contributed by atoms with Crippen molar-refractivity contribution in [3.05, 3.63) is 47.8 Å². The van der Waals surface area contributed by atoms with Crippen molar-refractivity contribution in [3.8, 4) is 11.5 Å². The molecule has 3 N–H and O–H groups in total. The monoisotopic (exact) mass is 347 g/mol. The van der Waals surface area contributed by atoms with Crippen molar-refractivity contribution >= 4 is 6.03 Å². The van der Waals surface area contributed by atoms with Crippen LogP contribution in [0.5, 0.6) is 11.5 Å². The SMILES string of the molecule is COc1ccc(CNC(=O)NCCC(O)c2cccn2C)cc1OC. The van der Waals surface area contributed by atoms with E-state index < -0.39 is 6.10 Å². The van der Waals surface area contributed by atoms with Gasteiger partial charge < -0.3 is 29.8 Å². The molecule has 0 bridgehead atoms. The Bertz CT molecular complexity index is 699. The summed E-state index contributed by atoms with van der Waals surface area (Å²) in [6.45, 7) is 0.747. The number of methoxy groups -OCH3 is 2. The topological polar surface area (TPSA) is 84.8 Å². The van der Waals surface area contributed by atoms with E-state index in [9.17, 15) is 9.90 Å². The summed E-state index contributed by atoms with van der Waals surface area (Å²) in [5, 5.41) is 15.6. The Morgan fingerprint density at radius 2 is 1.96 bits per heavy atom. The molecular formula is C18H25N3O4. The number of urea groups is 1. The average Bonchev–Trinajstić information content (AvgIpc) is 3.05. The third-order valence-corrected chi connectivity index (χ3v) is 3.93. The van der Waals surface area contributed by atoms with Gasteiger partial charge in [0.1, 0.15) is 0 Å². The van der Waals surface area contributed by atoms with Crippen molar-refractivity contribution < 1.29 is 19.4 Å². The maximum absolute atomic E-state index is 11.9. The number of carbonyl (C=O) groups excluding carboxylic acids is 1. The van der Waals surface area contributed by atoms with E-state index in [-0.39, 0.29) is 6.03 Å². The van der Waals surface area contributed by atoms with Crippen LogP contribution in [0.15, 0.2) is 36.5 Å². The number of amides is 2. The fourth-order valence-electron chi connectivity index (χ4n) is 2.53. The molecule has 136 valence electrons. The number of carbonyl (C=O) groups is 1. The second kappa shape index (κ2) is 8.98. The number of nitrogens with zero attached hydrogens (tertiary/aromatic N) is 1. The van der Waals surface area contributed by atoms with Crippen LogP contribution in [0.3, 0.4) is 0 Å². The molecule has 0 radical (unpaired) electrons. The van der Waals surface area contributed by atoms with Crippen molar-refractivity contribution in [1.82, 2.24) is 15.2 Å². The van der Waals surface area contributed by atoms with E-state index in [0.29, 0.717) is 31.0 Å². The molecule has 0 spiro atoms. The molecule has 0 aliphatic carbocycles. The van der Waals surface area contributed by atoms with E-state index >= 15 is 0 Å². The molecule has 0 saturated heterocycles. The second-order valence-corrected chi connectivity index (χ2v) is 5.65. The molecule has 1 aromatic heterocycles. The molecule has 0 aliphatic heterocycles. The van der Waals surface area contributed by atoms with Crippen LogP contribution in [-0.2, 0) is 13.6 Å². The van der Waals surface area contributed by atoms with Gasteiger partial charge >= 0.3 is 6.03 Å². The number of aliphatic hydroxyl groups is 1. The van der Waals surface area contributed by atoms with E-state index in [1.54, 1.807) is 20.3 Å². The molecule has 25 heavy (non-hydrogen) atoms. The fourth-order valence-corrected chi connectivity index (χ4v) is 2.53. The lowest BCUT2D eigenvalue weighted by molar-refractivity contribution is 0.159. The summed E-state index contributed by atoms with van der Waals surface area (Å²) in [5.74, 6) is 1.26. The number of aryl methyl sites for hydroxylation is 1. The lowest BCUT2D eigenvalue weighted by Gasteiger charge is -2.13. The summed E-state index contributed by atoms with van der Waals surface area (Å²) >= 11 is 0. The molecule has 2 rings (SSSR count). The number of hydrogen-bond acceptors (Lipinski definition) is 4. The van der Waals surface area contributed by atoms with Gasteiger partial charge in [-0.2, -0.15) is 0 Å². The zero-order valence-electron chi connectivity index (χ0n) is 14.8. The number of benzene rings is 1. The van der Waals surface area contributed by atoms with Crippen molar-refractivity contribution in [1.29, 1.82) is 0 Å². The van der Waals surface area contributed by atoms with Gasteiger partial charge in [-0.15, -0.1) is 0 Å². The van der Waals surface area contributed by atoms with Gasteiger partial charge in [-0.05, 0) is 36.2 Å².